The highest BCUT2D eigenvalue weighted by Crippen LogP contribution is 2.29. The number of aromatic nitrogens is 2. The lowest BCUT2D eigenvalue weighted by Crippen LogP contribution is -2.56. The van der Waals surface area contributed by atoms with Crippen molar-refractivity contribution in [2.45, 2.75) is 32.2 Å². The van der Waals surface area contributed by atoms with Crippen LogP contribution in [0.15, 0.2) is 6.20 Å². The summed E-state index contributed by atoms with van der Waals surface area (Å²) in [5.74, 6) is 2.39. The Labute approximate surface area is 164 Å². The van der Waals surface area contributed by atoms with E-state index in [2.05, 4.69) is 38.6 Å². The van der Waals surface area contributed by atoms with E-state index >= 15 is 0 Å². The van der Waals surface area contributed by atoms with Crippen LogP contribution in [0.25, 0.3) is 0 Å². The van der Waals surface area contributed by atoms with Gasteiger partial charge in [-0.2, -0.15) is 4.98 Å². The number of piperazine rings is 1. The van der Waals surface area contributed by atoms with Gasteiger partial charge in [0.2, 0.25) is 5.95 Å². The van der Waals surface area contributed by atoms with Gasteiger partial charge in [-0.15, -0.1) is 0 Å². The molecule has 3 rings (SSSR count). The zero-order valence-corrected chi connectivity index (χ0v) is 17.4. The summed E-state index contributed by atoms with van der Waals surface area (Å²) in [6.45, 7) is 8.93. The van der Waals surface area contributed by atoms with Crippen LogP contribution in [-0.4, -0.2) is 97.9 Å². The maximum atomic E-state index is 9.38. The Balaban J connectivity index is 1.72. The first-order valence-corrected chi connectivity index (χ1v) is 10.3. The van der Waals surface area contributed by atoms with Crippen molar-refractivity contribution < 1.29 is 5.11 Å². The number of aliphatic hydroxyl groups excluding tert-OH is 1. The molecule has 2 atom stereocenters. The zero-order valence-electron chi connectivity index (χ0n) is 17.4. The van der Waals surface area contributed by atoms with Crippen molar-refractivity contribution in [3.63, 3.8) is 0 Å². The molecule has 152 valence electrons. The quantitative estimate of drug-likeness (QED) is 0.797. The topological polar surface area (TPSA) is 59.0 Å². The third-order valence-electron chi connectivity index (χ3n) is 6.07. The average molecular weight is 377 g/mol. The Hall–Kier alpha value is -1.44. The summed E-state index contributed by atoms with van der Waals surface area (Å²) in [6.07, 6.45) is 5.03. The van der Waals surface area contributed by atoms with E-state index in [1.807, 2.05) is 20.3 Å². The molecule has 0 aliphatic carbocycles. The van der Waals surface area contributed by atoms with Crippen LogP contribution in [0.2, 0.25) is 0 Å². The summed E-state index contributed by atoms with van der Waals surface area (Å²) in [6, 6.07) is 0.611. The maximum Gasteiger partial charge on any atom is 0.227 e. The smallest absolute Gasteiger partial charge is 0.227 e. The summed E-state index contributed by atoms with van der Waals surface area (Å²) in [7, 11) is 6.27. The highest BCUT2D eigenvalue weighted by Gasteiger charge is 2.35. The summed E-state index contributed by atoms with van der Waals surface area (Å²) in [5, 5.41) is 9.38. The standard InChI is InChI=1S/C20H36N6O/c1-16-14-21-20(22-19(16)23(2)3)26-8-7-18(17(15-26)6-5-13-27)25-11-9-24(4)10-12-25/h14,17-18,27H,5-13,15H2,1-4H3/t17-,18+/m1/s1. The van der Waals surface area contributed by atoms with Gasteiger partial charge < -0.3 is 19.8 Å². The van der Waals surface area contributed by atoms with Gasteiger partial charge in [-0.05, 0) is 39.2 Å². The Morgan fingerprint density at radius 2 is 1.93 bits per heavy atom. The molecule has 7 heteroatoms. The minimum atomic E-state index is 0.276. The van der Waals surface area contributed by atoms with E-state index in [0.29, 0.717) is 12.0 Å². The van der Waals surface area contributed by atoms with Gasteiger partial charge in [0.05, 0.1) is 0 Å². The van der Waals surface area contributed by atoms with E-state index in [1.54, 1.807) is 0 Å². The number of hydrogen-bond donors (Lipinski definition) is 1. The third-order valence-corrected chi connectivity index (χ3v) is 6.07. The van der Waals surface area contributed by atoms with Crippen LogP contribution in [0.3, 0.4) is 0 Å². The zero-order chi connectivity index (χ0) is 19.4. The molecule has 2 aliphatic rings. The Morgan fingerprint density at radius 1 is 1.19 bits per heavy atom. The summed E-state index contributed by atoms with van der Waals surface area (Å²) in [4.78, 5) is 19.0. The first-order valence-electron chi connectivity index (χ1n) is 10.3. The number of aryl methyl sites for hydroxylation is 1. The maximum absolute atomic E-state index is 9.38. The molecule has 3 heterocycles. The molecule has 0 bridgehead atoms. The van der Waals surface area contributed by atoms with Crippen molar-refractivity contribution in [2.75, 3.05) is 76.8 Å². The average Bonchev–Trinajstić information content (AvgIpc) is 2.67. The van der Waals surface area contributed by atoms with Crippen molar-refractivity contribution in [1.82, 2.24) is 19.8 Å². The van der Waals surface area contributed by atoms with Crippen LogP contribution >= 0.6 is 0 Å². The number of aliphatic hydroxyl groups is 1. The number of nitrogens with zero attached hydrogens (tertiary/aromatic N) is 6. The molecule has 0 unspecified atom stereocenters. The SMILES string of the molecule is Cc1cnc(N2CC[C@H](N3CCN(C)CC3)[C@H](CCCO)C2)nc1N(C)C. The molecule has 1 aromatic heterocycles. The lowest BCUT2D eigenvalue weighted by atomic mass is 9.87. The van der Waals surface area contributed by atoms with Crippen molar-refractivity contribution in [1.29, 1.82) is 0 Å². The van der Waals surface area contributed by atoms with Gasteiger partial charge in [0.25, 0.3) is 0 Å². The molecule has 0 aromatic carbocycles. The van der Waals surface area contributed by atoms with E-state index in [1.165, 1.54) is 0 Å². The number of rotatable bonds is 6. The predicted molar refractivity (Wildman–Crippen MR) is 111 cm³/mol. The van der Waals surface area contributed by atoms with Crippen LogP contribution in [0, 0.1) is 12.8 Å². The highest BCUT2D eigenvalue weighted by molar-refractivity contribution is 5.48. The molecule has 0 amide bonds. The lowest BCUT2D eigenvalue weighted by Gasteiger charge is -2.46. The fraction of sp³-hybridized carbons (Fsp3) is 0.800. The summed E-state index contributed by atoms with van der Waals surface area (Å²) >= 11 is 0. The molecule has 0 saturated carbocycles. The predicted octanol–water partition coefficient (Wildman–Crippen LogP) is 1.07. The number of likely N-dealkylation sites (N-methyl/N-ethyl adjacent to an activating group) is 1. The van der Waals surface area contributed by atoms with E-state index < -0.39 is 0 Å². The fourth-order valence-corrected chi connectivity index (χ4v) is 4.50. The molecule has 1 aromatic rings. The molecule has 0 radical (unpaired) electrons. The van der Waals surface area contributed by atoms with Gasteiger partial charge >= 0.3 is 0 Å². The Morgan fingerprint density at radius 3 is 2.59 bits per heavy atom. The van der Waals surface area contributed by atoms with Gasteiger partial charge in [0.1, 0.15) is 5.82 Å². The monoisotopic (exact) mass is 376 g/mol. The molecule has 7 nitrogen and oxygen atoms in total. The molecule has 0 spiro atoms. The van der Waals surface area contributed by atoms with Crippen LogP contribution in [0.5, 0.6) is 0 Å². The minimum absolute atomic E-state index is 0.276. The first kappa shape index (κ1) is 20.3. The van der Waals surface area contributed by atoms with Crippen LogP contribution in [0.1, 0.15) is 24.8 Å². The van der Waals surface area contributed by atoms with E-state index in [-0.39, 0.29) is 6.61 Å². The van der Waals surface area contributed by atoms with Gasteiger partial charge in [0, 0.05) is 77.8 Å². The molecule has 2 saturated heterocycles. The highest BCUT2D eigenvalue weighted by atomic mass is 16.2. The van der Waals surface area contributed by atoms with E-state index in [0.717, 1.165) is 75.9 Å². The molecule has 27 heavy (non-hydrogen) atoms. The van der Waals surface area contributed by atoms with Gasteiger partial charge in [-0.3, -0.25) is 4.90 Å². The third kappa shape index (κ3) is 4.89. The van der Waals surface area contributed by atoms with Crippen LogP contribution in [-0.2, 0) is 0 Å². The molecule has 2 fully saturated rings. The molecular formula is C20H36N6O. The van der Waals surface area contributed by atoms with Gasteiger partial charge in [-0.1, -0.05) is 0 Å². The second-order valence-corrected chi connectivity index (χ2v) is 8.34. The van der Waals surface area contributed by atoms with Crippen molar-refractivity contribution >= 4 is 11.8 Å². The lowest BCUT2D eigenvalue weighted by molar-refractivity contribution is 0.0636. The number of anilines is 2. The molecule has 2 aliphatic heterocycles. The molecule has 1 N–H and O–H groups in total. The van der Waals surface area contributed by atoms with Crippen molar-refractivity contribution in [3.8, 4) is 0 Å². The van der Waals surface area contributed by atoms with Crippen molar-refractivity contribution in [2.24, 2.45) is 5.92 Å². The summed E-state index contributed by atoms with van der Waals surface area (Å²) in [5.41, 5.74) is 1.10. The second-order valence-electron chi connectivity index (χ2n) is 8.34. The van der Waals surface area contributed by atoms with Crippen LogP contribution < -0.4 is 9.80 Å². The van der Waals surface area contributed by atoms with Gasteiger partial charge in [0.15, 0.2) is 0 Å². The van der Waals surface area contributed by atoms with E-state index in [4.69, 9.17) is 4.98 Å². The minimum Gasteiger partial charge on any atom is -0.396 e. The first-order chi connectivity index (χ1) is 13.0. The largest absolute Gasteiger partial charge is 0.396 e. The normalized spacial score (nSPS) is 25.0. The second kappa shape index (κ2) is 9.17. The Kier molecular flexibility index (Phi) is 6.89. The molecular weight excluding hydrogens is 340 g/mol. The van der Waals surface area contributed by atoms with Crippen molar-refractivity contribution in [3.05, 3.63) is 11.8 Å². The van der Waals surface area contributed by atoms with Crippen LogP contribution in [0.4, 0.5) is 11.8 Å². The Bertz CT molecular complexity index is 602. The van der Waals surface area contributed by atoms with E-state index in [9.17, 15) is 5.11 Å². The number of hydrogen-bond acceptors (Lipinski definition) is 7. The van der Waals surface area contributed by atoms with Gasteiger partial charge in [-0.25, -0.2) is 4.98 Å². The number of piperidine rings is 1. The fourth-order valence-electron chi connectivity index (χ4n) is 4.50. The summed E-state index contributed by atoms with van der Waals surface area (Å²) < 4.78 is 0.